The number of aliphatic imine (C=N–C) groups is 1. The summed E-state index contributed by atoms with van der Waals surface area (Å²) < 4.78 is 29.7. The van der Waals surface area contributed by atoms with Gasteiger partial charge in [-0.2, -0.15) is 4.99 Å². The number of carbonyl (C=O) groups is 1. The van der Waals surface area contributed by atoms with Crippen molar-refractivity contribution in [3.05, 3.63) is 23.3 Å². The zero-order valence-corrected chi connectivity index (χ0v) is 15.3. The molecule has 1 unspecified atom stereocenters. The van der Waals surface area contributed by atoms with Gasteiger partial charge in [-0.1, -0.05) is 20.3 Å². The third-order valence-electron chi connectivity index (χ3n) is 3.76. The molecular formula is C16H25N3O4S. The third-order valence-corrected chi connectivity index (χ3v) is 4.91. The van der Waals surface area contributed by atoms with Crippen molar-refractivity contribution in [1.29, 1.82) is 0 Å². The second kappa shape index (κ2) is 8.14. The van der Waals surface area contributed by atoms with Crippen LogP contribution in [-0.2, 0) is 9.84 Å². The molecule has 24 heavy (non-hydrogen) atoms. The fraction of sp³-hybridized carbons (Fsp3) is 0.500. The lowest BCUT2D eigenvalue weighted by atomic mass is 9.91. The van der Waals surface area contributed by atoms with Gasteiger partial charge in [0.25, 0.3) is 5.91 Å². The Morgan fingerprint density at radius 2 is 1.92 bits per heavy atom. The van der Waals surface area contributed by atoms with Gasteiger partial charge in [-0.25, -0.2) is 8.42 Å². The van der Waals surface area contributed by atoms with Crippen molar-refractivity contribution in [3.63, 3.8) is 0 Å². The molecule has 0 saturated heterocycles. The molecular weight excluding hydrogens is 330 g/mol. The van der Waals surface area contributed by atoms with Gasteiger partial charge in [0.15, 0.2) is 15.8 Å². The summed E-state index contributed by atoms with van der Waals surface area (Å²) in [6.07, 6.45) is 3.65. The van der Waals surface area contributed by atoms with E-state index in [1.54, 1.807) is 6.07 Å². The Kier molecular flexibility index (Phi) is 6.77. The first kappa shape index (κ1) is 20.0. The standard InChI is InChI=1S/C16H25N3O4S/c1-5-7-10(6-2)11-8-13(23-3)12(15(20)19-16(17)18)9-14(11)24(4,21)22/h8-10H,5-7H2,1-4H3,(H4,17,18,19,20). The van der Waals surface area contributed by atoms with Crippen molar-refractivity contribution >= 4 is 21.7 Å². The van der Waals surface area contributed by atoms with Crippen molar-refractivity contribution in [3.8, 4) is 5.75 Å². The molecule has 134 valence electrons. The largest absolute Gasteiger partial charge is 0.496 e. The summed E-state index contributed by atoms with van der Waals surface area (Å²) >= 11 is 0. The molecule has 0 fully saturated rings. The smallest absolute Gasteiger partial charge is 0.283 e. The number of amides is 1. The number of hydrogen-bond donors (Lipinski definition) is 2. The highest BCUT2D eigenvalue weighted by molar-refractivity contribution is 7.90. The highest BCUT2D eigenvalue weighted by Gasteiger charge is 2.25. The number of rotatable bonds is 7. The molecule has 0 saturated carbocycles. The lowest BCUT2D eigenvalue weighted by Crippen LogP contribution is -2.24. The topological polar surface area (TPSA) is 125 Å². The Morgan fingerprint density at radius 1 is 1.29 bits per heavy atom. The van der Waals surface area contributed by atoms with Crippen LogP contribution >= 0.6 is 0 Å². The monoisotopic (exact) mass is 355 g/mol. The molecule has 0 heterocycles. The molecule has 0 spiro atoms. The Morgan fingerprint density at radius 3 is 2.33 bits per heavy atom. The first-order chi connectivity index (χ1) is 11.1. The maximum Gasteiger partial charge on any atom is 0.283 e. The minimum Gasteiger partial charge on any atom is -0.496 e. The quantitative estimate of drug-likeness (QED) is 0.567. The van der Waals surface area contributed by atoms with Crippen LogP contribution in [0.2, 0.25) is 0 Å². The Bertz CT molecular complexity index is 738. The first-order valence-corrected chi connectivity index (χ1v) is 9.60. The van der Waals surface area contributed by atoms with Crippen LogP contribution in [0.5, 0.6) is 5.75 Å². The fourth-order valence-corrected chi connectivity index (χ4v) is 3.64. The molecule has 1 amide bonds. The van der Waals surface area contributed by atoms with E-state index in [1.807, 2.05) is 13.8 Å². The lowest BCUT2D eigenvalue weighted by Gasteiger charge is -2.20. The van der Waals surface area contributed by atoms with E-state index in [2.05, 4.69) is 4.99 Å². The molecule has 0 aromatic heterocycles. The number of benzene rings is 1. The number of hydrogen-bond acceptors (Lipinski definition) is 4. The van der Waals surface area contributed by atoms with E-state index < -0.39 is 21.7 Å². The molecule has 1 aromatic rings. The second-order valence-electron chi connectivity index (χ2n) is 5.60. The van der Waals surface area contributed by atoms with Crippen LogP contribution in [0.4, 0.5) is 0 Å². The Hall–Kier alpha value is -2.09. The summed E-state index contributed by atoms with van der Waals surface area (Å²) in [7, 11) is -2.13. The summed E-state index contributed by atoms with van der Waals surface area (Å²) in [5, 5.41) is 0. The number of ether oxygens (including phenoxy) is 1. The summed E-state index contributed by atoms with van der Waals surface area (Å²) in [4.78, 5) is 15.7. The number of methoxy groups -OCH3 is 1. The molecule has 0 bridgehead atoms. The van der Waals surface area contributed by atoms with Crippen molar-refractivity contribution in [2.45, 2.75) is 43.9 Å². The molecule has 1 aromatic carbocycles. The number of guanidine groups is 1. The van der Waals surface area contributed by atoms with Crippen LogP contribution in [0.3, 0.4) is 0 Å². The summed E-state index contributed by atoms with van der Waals surface area (Å²) in [6, 6.07) is 2.91. The highest BCUT2D eigenvalue weighted by atomic mass is 32.2. The van der Waals surface area contributed by atoms with Crippen LogP contribution in [-0.4, -0.2) is 33.7 Å². The van der Waals surface area contributed by atoms with Gasteiger partial charge in [-0.15, -0.1) is 0 Å². The zero-order valence-electron chi connectivity index (χ0n) is 14.5. The minimum absolute atomic E-state index is 0.0152. The minimum atomic E-state index is -3.54. The van der Waals surface area contributed by atoms with Crippen molar-refractivity contribution in [1.82, 2.24) is 0 Å². The van der Waals surface area contributed by atoms with E-state index >= 15 is 0 Å². The fourth-order valence-electron chi connectivity index (χ4n) is 2.66. The van der Waals surface area contributed by atoms with Gasteiger partial charge < -0.3 is 16.2 Å². The summed E-state index contributed by atoms with van der Waals surface area (Å²) in [5.74, 6) is -0.834. The maximum atomic E-state index is 12.2. The average Bonchev–Trinajstić information content (AvgIpc) is 2.49. The number of sulfone groups is 1. The van der Waals surface area contributed by atoms with Gasteiger partial charge in [0.1, 0.15) is 5.75 Å². The average molecular weight is 355 g/mol. The predicted octanol–water partition coefficient (Wildman–Crippen LogP) is 1.81. The normalized spacial score (nSPS) is 12.5. The number of carbonyl (C=O) groups excluding carboxylic acids is 1. The van der Waals surface area contributed by atoms with E-state index in [1.165, 1.54) is 13.2 Å². The molecule has 8 heteroatoms. The van der Waals surface area contributed by atoms with E-state index in [0.29, 0.717) is 5.56 Å². The predicted molar refractivity (Wildman–Crippen MR) is 94.2 cm³/mol. The van der Waals surface area contributed by atoms with Crippen LogP contribution < -0.4 is 16.2 Å². The number of nitrogens with zero attached hydrogens (tertiary/aromatic N) is 1. The molecule has 0 aliphatic rings. The molecule has 4 N–H and O–H groups in total. The Labute approximate surface area is 143 Å². The van der Waals surface area contributed by atoms with Gasteiger partial charge >= 0.3 is 0 Å². The van der Waals surface area contributed by atoms with Crippen LogP contribution in [0, 0.1) is 0 Å². The van der Waals surface area contributed by atoms with Gasteiger partial charge in [0.05, 0.1) is 17.6 Å². The Balaban J connectivity index is 3.68. The van der Waals surface area contributed by atoms with Crippen LogP contribution in [0.15, 0.2) is 22.0 Å². The number of nitrogens with two attached hydrogens (primary N) is 2. The van der Waals surface area contributed by atoms with Gasteiger partial charge in [-0.3, -0.25) is 4.79 Å². The molecule has 1 atom stereocenters. The van der Waals surface area contributed by atoms with Crippen molar-refractivity contribution < 1.29 is 17.9 Å². The summed E-state index contributed by atoms with van der Waals surface area (Å²) in [5.41, 5.74) is 11.1. The molecule has 0 radical (unpaired) electrons. The second-order valence-corrected chi connectivity index (χ2v) is 7.58. The van der Waals surface area contributed by atoms with Gasteiger partial charge in [-0.05, 0) is 36.5 Å². The van der Waals surface area contributed by atoms with E-state index in [4.69, 9.17) is 16.2 Å². The molecule has 1 rings (SSSR count). The van der Waals surface area contributed by atoms with Crippen molar-refractivity contribution in [2.24, 2.45) is 16.5 Å². The van der Waals surface area contributed by atoms with Gasteiger partial charge in [0, 0.05) is 6.26 Å². The first-order valence-electron chi connectivity index (χ1n) is 7.71. The van der Waals surface area contributed by atoms with E-state index in [9.17, 15) is 13.2 Å². The van der Waals surface area contributed by atoms with Crippen molar-refractivity contribution in [2.75, 3.05) is 13.4 Å². The SMILES string of the molecule is CCCC(CC)c1cc(OC)c(C(=O)N=C(N)N)cc1S(C)(=O)=O. The zero-order chi connectivity index (χ0) is 18.5. The van der Waals surface area contributed by atoms with Gasteiger partial charge in [0.2, 0.25) is 0 Å². The lowest BCUT2D eigenvalue weighted by molar-refractivity contribution is 0.0999. The van der Waals surface area contributed by atoms with E-state index in [-0.39, 0.29) is 22.1 Å². The van der Waals surface area contributed by atoms with Crippen LogP contribution in [0.1, 0.15) is 54.9 Å². The van der Waals surface area contributed by atoms with E-state index in [0.717, 1.165) is 25.5 Å². The molecule has 0 aliphatic heterocycles. The molecule has 0 aliphatic carbocycles. The highest BCUT2D eigenvalue weighted by Crippen LogP contribution is 2.35. The molecule has 7 nitrogen and oxygen atoms in total. The summed E-state index contributed by atoms with van der Waals surface area (Å²) in [6.45, 7) is 4.04. The van der Waals surface area contributed by atoms with Crippen LogP contribution in [0.25, 0.3) is 0 Å². The maximum absolute atomic E-state index is 12.2. The third kappa shape index (κ3) is 4.70.